The second-order valence-electron chi connectivity index (χ2n) is 2.98. The van der Waals surface area contributed by atoms with Crippen molar-refractivity contribution < 1.29 is 4.79 Å². The molecule has 1 amide bonds. The lowest BCUT2D eigenvalue weighted by Gasteiger charge is -2.12. The third-order valence-corrected chi connectivity index (χ3v) is 2.58. The summed E-state index contributed by atoms with van der Waals surface area (Å²) in [6.07, 6.45) is 1.05. The molecule has 1 unspecified atom stereocenters. The number of carbonyl (C=O) groups is 1. The quantitative estimate of drug-likeness (QED) is 0.604. The van der Waals surface area contributed by atoms with Crippen LogP contribution in [0.4, 0.5) is 0 Å². The Labute approximate surface area is 85.0 Å². The van der Waals surface area contributed by atoms with Gasteiger partial charge in [-0.05, 0) is 31.9 Å². The Morgan fingerprint density at radius 2 is 2.23 bits per heavy atom. The Morgan fingerprint density at radius 3 is 2.77 bits per heavy atom. The molecule has 0 aromatic rings. The molecule has 0 aromatic heterocycles. The topological polar surface area (TPSA) is 41.1 Å². The van der Waals surface area contributed by atoms with Gasteiger partial charge in [-0.1, -0.05) is 6.92 Å². The molecular weight excluding hydrogens is 184 g/mol. The van der Waals surface area contributed by atoms with Gasteiger partial charge in [0.1, 0.15) is 0 Å². The molecule has 0 spiro atoms. The normalized spacial score (nSPS) is 12.5. The molecule has 13 heavy (non-hydrogen) atoms. The number of nitrogens with one attached hydrogen (secondary N) is 2. The Bertz CT molecular complexity index is 142. The Balaban J connectivity index is 3.38. The second-order valence-corrected chi connectivity index (χ2v) is 4.38. The summed E-state index contributed by atoms with van der Waals surface area (Å²) >= 11 is 1.91. The van der Waals surface area contributed by atoms with Crippen molar-refractivity contribution in [2.75, 3.05) is 25.1 Å². The van der Waals surface area contributed by atoms with Gasteiger partial charge in [-0.2, -0.15) is 11.8 Å². The van der Waals surface area contributed by atoms with Gasteiger partial charge in [-0.25, -0.2) is 0 Å². The van der Waals surface area contributed by atoms with Crippen molar-refractivity contribution in [2.24, 2.45) is 0 Å². The molecule has 3 nitrogen and oxygen atoms in total. The van der Waals surface area contributed by atoms with Crippen molar-refractivity contribution in [3.05, 3.63) is 0 Å². The van der Waals surface area contributed by atoms with E-state index in [1.807, 2.05) is 18.7 Å². The maximum absolute atomic E-state index is 11.1. The van der Waals surface area contributed by atoms with Gasteiger partial charge in [0, 0.05) is 6.04 Å². The maximum Gasteiger partial charge on any atom is 0.234 e. The number of amides is 1. The number of likely N-dealkylation sites (N-methyl/N-ethyl adjacent to an activating group) is 1. The molecule has 0 aromatic carbocycles. The summed E-state index contributed by atoms with van der Waals surface area (Å²) in [5, 5.41) is 5.75. The number of hydrogen-bond acceptors (Lipinski definition) is 3. The van der Waals surface area contributed by atoms with Crippen molar-refractivity contribution in [1.82, 2.24) is 10.6 Å². The summed E-state index contributed by atoms with van der Waals surface area (Å²) in [5.74, 6) is 2.35. The van der Waals surface area contributed by atoms with E-state index in [1.54, 1.807) is 7.05 Å². The summed E-state index contributed by atoms with van der Waals surface area (Å²) in [7, 11) is 1.77. The lowest BCUT2D eigenvalue weighted by atomic mass is 10.2. The predicted molar refractivity (Wildman–Crippen MR) is 59.1 cm³/mol. The fourth-order valence-electron chi connectivity index (χ4n) is 0.963. The zero-order valence-corrected chi connectivity index (χ0v) is 9.54. The van der Waals surface area contributed by atoms with E-state index in [4.69, 9.17) is 0 Å². The summed E-state index contributed by atoms with van der Waals surface area (Å²) < 4.78 is 0. The first-order valence-electron chi connectivity index (χ1n) is 4.72. The molecule has 0 aliphatic carbocycles. The van der Waals surface area contributed by atoms with Gasteiger partial charge in [0.15, 0.2) is 0 Å². The van der Waals surface area contributed by atoms with Crippen LogP contribution >= 0.6 is 11.8 Å². The predicted octanol–water partition coefficient (Wildman–Crippen LogP) is 0.854. The number of hydrogen-bond donors (Lipinski definition) is 2. The standard InChI is InChI=1S/C9H20N2OS/c1-4-13-6-5-8(2)11-9(12)7-10-3/h8,10H,4-7H2,1-3H3,(H,11,12). The first kappa shape index (κ1) is 12.8. The third kappa shape index (κ3) is 8.12. The van der Waals surface area contributed by atoms with E-state index in [0.717, 1.165) is 17.9 Å². The summed E-state index contributed by atoms with van der Waals surface area (Å²) in [6, 6.07) is 0.292. The highest BCUT2D eigenvalue weighted by atomic mass is 32.2. The summed E-state index contributed by atoms with van der Waals surface area (Å²) in [6.45, 7) is 4.60. The van der Waals surface area contributed by atoms with E-state index < -0.39 is 0 Å². The monoisotopic (exact) mass is 204 g/mol. The molecule has 0 radical (unpaired) electrons. The highest BCUT2D eigenvalue weighted by Crippen LogP contribution is 2.03. The second kappa shape index (κ2) is 8.38. The molecule has 0 rings (SSSR count). The maximum atomic E-state index is 11.1. The lowest BCUT2D eigenvalue weighted by molar-refractivity contribution is -0.120. The fraction of sp³-hybridized carbons (Fsp3) is 0.889. The molecule has 0 heterocycles. The van der Waals surface area contributed by atoms with Crippen LogP contribution in [0.3, 0.4) is 0 Å². The first-order valence-corrected chi connectivity index (χ1v) is 5.87. The van der Waals surface area contributed by atoms with Crippen LogP contribution in [-0.4, -0.2) is 37.0 Å². The molecule has 1 atom stereocenters. The van der Waals surface area contributed by atoms with Crippen molar-refractivity contribution in [2.45, 2.75) is 26.3 Å². The molecule has 78 valence electrons. The molecular formula is C9H20N2OS. The van der Waals surface area contributed by atoms with Gasteiger partial charge in [-0.3, -0.25) is 4.79 Å². The van der Waals surface area contributed by atoms with E-state index in [9.17, 15) is 4.79 Å². The lowest BCUT2D eigenvalue weighted by Crippen LogP contribution is -2.38. The molecule has 0 aliphatic rings. The third-order valence-electron chi connectivity index (χ3n) is 1.64. The molecule has 0 saturated heterocycles. The van der Waals surface area contributed by atoms with Gasteiger partial charge < -0.3 is 10.6 Å². The molecule has 0 bridgehead atoms. The van der Waals surface area contributed by atoms with Crippen LogP contribution in [-0.2, 0) is 4.79 Å². The zero-order chi connectivity index (χ0) is 10.1. The number of thioether (sulfide) groups is 1. The van der Waals surface area contributed by atoms with Crippen LogP contribution in [0.2, 0.25) is 0 Å². The molecule has 0 fully saturated rings. The van der Waals surface area contributed by atoms with Crippen LogP contribution in [0.25, 0.3) is 0 Å². The van der Waals surface area contributed by atoms with E-state index in [-0.39, 0.29) is 5.91 Å². The van der Waals surface area contributed by atoms with Crippen molar-refractivity contribution >= 4 is 17.7 Å². The highest BCUT2D eigenvalue weighted by Gasteiger charge is 2.05. The Hall–Kier alpha value is -0.220. The SMILES string of the molecule is CCSCCC(C)NC(=O)CNC. The smallest absolute Gasteiger partial charge is 0.234 e. The van der Waals surface area contributed by atoms with E-state index in [2.05, 4.69) is 17.6 Å². The summed E-state index contributed by atoms with van der Waals surface area (Å²) in [5.41, 5.74) is 0. The highest BCUT2D eigenvalue weighted by molar-refractivity contribution is 7.99. The summed E-state index contributed by atoms with van der Waals surface area (Å²) in [4.78, 5) is 11.1. The van der Waals surface area contributed by atoms with Crippen molar-refractivity contribution in [3.8, 4) is 0 Å². The average molecular weight is 204 g/mol. The van der Waals surface area contributed by atoms with Gasteiger partial charge >= 0.3 is 0 Å². The van der Waals surface area contributed by atoms with Crippen LogP contribution in [0.1, 0.15) is 20.3 Å². The molecule has 0 aliphatic heterocycles. The van der Waals surface area contributed by atoms with Crippen LogP contribution < -0.4 is 10.6 Å². The minimum absolute atomic E-state index is 0.0801. The first-order chi connectivity index (χ1) is 6.20. The van der Waals surface area contributed by atoms with Gasteiger partial charge in [0.2, 0.25) is 5.91 Å². The molecule has 2 N–H and O–H groups in total. The van der Waals surface area contributed by atoms with E-state index >= 15 is 0 Å². The Kier molecular flexibility index (Phi) is 8.24. The van der Waals surface area contributed by atoms with Crippen LogP contribution in [0.15, 0.2) is 0 Å². The van der Waals surface area contributed by atoms with Crippen LogP contribution in [0.5, 0.6) is 0 Å². The van der Waals surface area contributed by atoms with E-state index in [0.29, 0.717) is 12.6 Å². The van der Waals surface area contributed by atoms with Gasteiger partial charge in [0.25, 0.3) is 0 Å². The Morgan fingerprint density at radius 1 is 1.54 bits per heavy atom. The van der Waals surface area contributed by atoms with Gasteiger partial charge in [0.05, 0.1) is 6.54 Å². The van der Waals surface area contributed by atoms with Crippen molar-refractivity contribution in [1.29, 1.82) is 0 Å². The zero-order valence-electron chi connectivity index (χ0n) is 8.72. The minimum atomic E-state index is 0.0801. The number of rotatable bonds is 7. The largest absolute Gasteiger partial charge is 0.353 e. The molecule has 0 saturated carbocycles. The average Bonchev–Trinajstić information content (AvgIpc) is 2.05. The minimum Gasteiger partial charge on any atom is -0.353 e. The van der Waals surface area contributed by atoms with Crippen LogP contribution in [0, 0.1) is 0 Å². The molecule has 4 heteroatoms. The van der Waals surface area contributed by atoms with Crippen molar-refractivity contribution in [3.63, 3.8) is 0 Å². The van der Waals surface area contributed by atoms with Gasteiger partial charge in [-0.15, -0.1) is 0 Å². The van der Waals surface area contributed by atoms with E-state index in [1.165, 1.54) is 0 Å². The fourth-order valence-corrected chi connectivity index (χ4v) is 1.77. The number of carbonyl (C=O) groups excluding carboxylic acids is 1.